The maximum Gasteiger partial charge on any atom is 0.157 e. The topological polar surface area (TPSA) is 18.5 Å². The van der Waals surface area contributed by atoms with E-state index in [-0.39, 0.29) is 6.29 Å². The zero-order chi connectivity index (χ0) is 11.4. The summed E-state index contributed by atoms with van der Waals surface area (Å²) in [5.74, 6) is 0. The fourth-order valence-electron chi connectivity index (χ4n) is 1.19. The second-order valence-electron chi connectivity index (χ2n) is 3.74. The van der Waals surface area contributed by atoms with Crippen LogP contribution < -0.4 is 0 Å². The lowest BCUT2D eigenvalue weighted by Gasteiger charge is -2.17. The van der Waals surface area contributed by atoms with Crippen LogP contribution in [0.2, 0.25) is 0 Å². The molecule has 0 unspecified atom stereocenters. The predicted molar refractivity (Wildman–Crippen MR) is 64.9 cm³/mol. The van der Waals surface area contributed by atoms with Gasteiger partial charge in [-0.1, -0.05) is 32.8 Å². The van der Waals surface area contributed by atoms with Gasteiger partial charge in [-0.2, -0.15) is 0 Å². The molecule has 0 aromatic carbocycles. The summed E-state index contributed by atoms with van der Waals surface area (Å²) < 4.78 is 11.3. The van der Waals surface area contributed by atoms with Crippen molar-refractivity contribution < 1.29 is 9.47 Å². The Kier molecular flexibility index (Phi) is 11.5. The smallest absolute Gasteiger partial charge is 0.157 e. The minimum absolute atomic E-state index is 0.0268. The lowest BCUT2D eigenvalue weighted by molar-refractivity contribution is -0.146. The van der Waals surface area contributed by atoms with E-state index in [4.69, 9.17) is 9.47 Å². The number of allylic oxidation sites excluding steroid dienone is 1. The van der Waals surface area contributed by atoms with Crippen LogP contribution in [0.3, 0.4) is 0 Å². The van der Waals surface area contributed by atoms with Crippen LogP contribution in [0.15, 0.2) is 12.7 Å². The Morgan fingerprint density at radius 3 is 2.00 bits per heavy atom. The number of hydrogen-bond donors (Lipinski definition) is 0. The molecule has 0 radical (unpaired) electrons. The molecule has 0 amide bonds. The van der Waals surface area contributed by atoms with Crippen molar-refractivity contribution >= 4 is 0 Å². The maximum atomic E-state index is 5.66. The van der Waals surface area contributed by atoms with E-state index in [1.54, 1.807) is 0 Å². The molecule has 0 aliphatic heterocycles. The molecule has 0 fully saturated rings. The van der Waals surface area contributed by atoms with Crippen molar-refractivity contribution in [3.63, 3.8) is 0 Å². The van der Waals surface area contributed by atoms with E-state index in [2.05, 4.69) is 20.4 Å². The van der Waals surface area contributed by atoms with Gasteiger partial charge in [0.1, 0.15) is 0 Å². The van der Waals surface area contributed by atoms with E-state index in [1.807, 2.05) is 6.08 Å². The molecule has 0 heterocycles. The van der Waals surface area contributed by atoms with Gasteiger partial charge < -0.3 is 9.47 Å². The molecule has 2 heteroatoms. The molecule has 2 nitrogen and oxygen atoms in total. The highest BCUT2D eigenvalue weighted by molar-refractivity contribution is 4.66. The highest BCUT2D eigenvalue weighted by Gasteiger charge is 2.07. The van der Waals surface area contributed by atoms with Crippen LogP contribution in [0.1, 0.15) is 52.4 Å². The summed E-state index contributed by atoms with van der Waals surface area (Å²) in [4.78, 5) is 0. The normalized spacial score (nSPS) is 10.9. The third kappa shape index (κ3) is 9.95. The first-order chi connectivity index (χ1) is 7.35. The van der Waals surface area contributed by atoms with Gasteiger partial charge in [-0.15, -0.1) is 6.58 Å². The van der Waals surface area contributed by atoms with Crippen LogP contribution in [0.4, 0.5) is 0 Å². The van der Waals surface area contributed by atoms with Crippen LogP contribution in [0, 0.1) is 0 Å². The molecule has 0 aliphatic carbocycles. The number of ether oxygens (including phenoxy) is 2. The molecule has 0 rings (SSSR count). The maximum absolute atomic E-state index is 5.66. The van der Waals surface area contributed by atoms with Crippen molar-refractivity contribution in [2.75, 3.05) is 13.2 Å². The third-order valence-electron chi connectivity index (χ3n) is 2.21. The van der Waals surface area contributed by atoms with E-state index >= 15 is 0 Å². The van der Waals surface area contributed by atoms with Gasteiger partial charge in [-0.3, -0.25) is 0 Å². The molecule has 0 aromatic heterocycles. The summed E-state index contributed by atoms with van der Waals surface area (Å²) in [6.45, 7) is 9.67. The first-order valence-electron chi connectivity index (χ1n) is 6.19. The van der Waals surface area contributed by atoms with Crippen LogP contribution in [-0.4, -0.2) is 19.5 Å². The minimum atomic E-state index is -0.0268. The van der Waals surface area contributed by atoms with Gasteiger partial charge in [-0.25, -0.2) is 0 Å². The molecule has 0 atom stereocenters. The summed E-state index contributed by atoms with van der Waals surface area (Å²) in [7, 11) is 0. The van der Waals surface area contributed by atoms with E-state index in [0.717, 1.165) is 38.9 Å². The summed E-state index contributed by atoms with van der Waals surface area (Å²) in [6, 6.07) is 0. The number of unbranched alkanes of at least 4 members (excludes halogenated alkanes) is 2. The molecular weight excluding hydrogens is 188 g/mol. The Morgan fingerprint density at radius 1 is 1.07 bits per heavy atom. The zero-order valence-corrected chi connectivity index (χ0v) is 10.3. The van der Waals surface area contributed by atoms with Gasteiger partial charge in [0.05, 0.1) is 0 Å². The first-order valence-corrected chi connectivity index (χ1v) is 6.19. The largest absolute Gasteiger partial charge is 0.353 e. The quantitative estimate of drug-likeness (QED) is 0.295. The van der Waals surface area contributed by atoms with Crippen molar-refractivity contribution in [2.45, 2.75) is 58.7 Å². The number of hydrogen-bond acceptors (Lipinski definition) is 2. The zero-order valence-electron chi connectivity index (χ0n) is 10.3. The van der Waals surface area contributed by atoms with Gasteiger partial charge >= 0.3 is 0 Å². The third-order valence-corrected chi connectivity index (χ3v) is 2.21. The fourth-order valence-corrected chi connectivity index (χ4v) is 1.19. The highest BCUT2D eigenvalue weighted by Crippen LogP contribution is 2.07. The minimum Gasteiger partial charge on any atom is -0.353 e. The Hall–Kier alpha value is -0.340. The van der Waals surface area contributed by atoms with Gasteiger partial charge in [-0.05, 0) is 19.3 Å². The van der Waals surface area contributed by atoms with E-state index < -0.39 is 0 Å². The summed E-state index contributed by atoms with van der Waals surface area (Å²) in [5.41, 5.74) is 0. The molecule has 90 valence electrons. The summed E-state index contributed by atoms with van der Waals surface area (Å²) in [6.07, 6.45) is 8.34. The van der Waals surface area contributed by atoms with E-state index in [0.29, 0.717) is 0 Å². The second kappa shape index (κ2) is 11.7. The van der Waals surface area contributed by atoms with Gasteiger partial charge in [0.2, 0.25) is 0 Å². The molecule has 0 aliphatic rings. The molecule has 0 saturated heterocycles. The van der Waals surface area contributed by atoms with Gasteiger partial charge in [0.25, 0.3) is 0 Å². The molecular formula is C13H26O2. The molecule has 0 bridgehead atoms. The first kappa shape index (κ1) is 14.7. The van der Waals surface area contributed by atoms with E-state index in [9.17, 15) is 0 Å². The molecule has 0 saturated carbocycles. The summed E-state index contributed by atoms with van der Waals surface area (Å²) >= 11 is 0. The Bertz CT molecular complexity index is 124. The van der Waals surface area contributed by atoms with Crippen molar-refractivity contribution in [3.8, 4) is 0 Å². The standard InChI is InChI=1S/C13H26O2/c1-4-7-10-13(14-11-8-5-2)15-12-9-6-3/h4,13H,1,5-12H2,2-3H3. The van der Waals surface area contributed by atoms with Gasteiger partial charge in [0, 0.05) is 19.6 Å². The molecule has 0 spiro atoms. The molecule has 0 aromatic rings. The predicted octanol–water partition coefficient (Wildman–Crippen LogP) is 3.91. The Balaban J connectivity index is 3.57. The van der Waals surface area contributed by atoms with Crippen LogP contribution >= 0.6 is 0 Å². The number of rotatable bonds is 11. The van der Waals surface area contributed by atoms with Gasteiger partial charge in [0.15, 0.2) is 6.29 Å². The lowest BCUT2D eigenvalue weighted by Crippen LogP contribution is -2.18. The second-order valence-corrected chi connectivity index (χ2v) is 3.74. The lowest BCUT2D eigenvalue weighted by atomic mass is 10.3. The molecule has 15 heavy (non-hydrogen) atoms. The average Bonchev–Trinajstić information content (AvgIpc) is 2.25. The van der Waals surface area contributed by atoms with Crippen molar-refractivity contribution in [3.05, 3.63) is 12.7 Å². The molecule has 0 N–H and O–H groups in total. The van der Waals surface area contributed by atoms with E-state index in [1.165, 1.54) is 12.8 Å². The monoisotopic (exact) mass is 214 g/mol. The van der Waals surface area contributed by atoms with Crippen molar-refractivity contribution in [2.24, 2.45) is 0 Å². The average molecular weight is 214 g/mol. The van der Waals surface area contributed by atoms with Crippen LogP contribution in [0.5, 0.6) is 0 Å². The Morgan fingerprint density at radius 2 is 1.60 bits per heavy atom. The SMILES string of the molecule is C=CCCC(OCCCC)OCCCC. The fraction of sp³-hybridized carbons (Fsp3) is 0.846. The van der Waals surface area contributed by atoms with Crippen molar-refractivity contribution in [1.82, 2.24) is 0 Å². The van der Waals surface area contributed by atoms with Crippen LogP contribution in [-0.2, 0) is 9.47 Å². The highest BCUT2D eigenvalue weighted by atomic mass is 16.7. The summed E-state index contributed by atoms with van der Waals surface area (Å²) in [5, 5.41) is 0. The van der Waals surface area contributed by atoms with Crippen molar-refractivity contribution in [1.29, 1.82) is 0 Å². The van der Waals surface area contributed by atoms with Crippen LogP contribution in [0.25, 0.3) is 0 Å². The Labute approximate surface area is 94.7 Å².